The number of benzene rings is 2. The Balaban J connectivity index is 2.77. The number of nitrogens with two attached hydrogens (primary N) is 1. The molecule has 0 atom stereocenters. The van der Waals surface area contributed by atoms with Gasteiger partial charge in [-0.2, -0.15) is 0 Å². The fraction of sp³-hybridized carbons (Fsp3) is 0.0667. The van der Waals surface area contributed by atoms with E-state index in [1.165, 1.54) is 43.5 Å². The Hall–Kier alpha value is -3.22. The first kappa shape index (κ1) is 15.2. The van der Waals surface area contributed by atoms with Crippen LogP contribution in [0.3, 0.4) is 0 Å². The third-order valence-corrected chi connectivity index (χ3v) is 3.10. The monoisotopic (exact) mass is 300 g/mol. The van der Waals surface area contributed by atoms with Gasteiger partial charge in [-0.15, -0.1) is 0 Å². The lowest BCUT2D eigenvalue weighted by molar-refractivity contribution is -0.384. The van der Waals surface area contributed by atoms with E-state index in [1.54, 1.807) is 6.07 Å². The summed E-state index contributed by atoms with van der Waals surface area (Å²) >= 11 is 0. The third kappa shape index (κ3) is 2.78. The van der Waals surface area contributed by atoms with Crippen molar-refractivity contribution >= 4 is 17.6 Å². The molecule has 0 radical (unpaired) electrons. The van der Waals surface area contributed by atoms with Gasteiger partial charge < -0.3 is 10.5 Å². The number of para-hydroxylation sites is 1. The van der Waals surface area contributed by atoms with Gasteiger partial charge in [-0.25, -0.2) is 4.79 Å². The molecule has 1 amide bonds. The van der Waals surface area contributed by atoms with Crippen LogP contribution in [0.25, 0.3) is 11.1 Å². The zero-order chi connectivity index (χ0) is 16.3. The molecule has 0 aliphatic rings. The van der Waals surface area contributed by atoms with Crippen LogP contribution in [-0.4, -0.2) is 23.9 Å². The van der Waals surface area contributed by atoms with E-state index >= 15 is 0 Å². The smallest absolute Gasteiger partial charge is 0.338 e. The Morgan fingerprint density at radius 1 is 1.14 bits per heavy atom. The summed E-state index contributed by atoms with van der Waals surface area (Å²) in [5.74, 6) is -1.36. The van der Waals surface area contributed by atoms with Crippen LogP contribution in [0.2, 0.25) is 0 Å². The second-order valence-corrected chi connectivity index (χ2v) is 4.39. The molecule has 0 saturated heterocycles. The van der Waals surface area contributed by atoms with Gasteiger partial charge in [0.2, 0.25) is 5.91 Å². The minimum Gasteiger partial charge on any atom is -0.465 e. The molecule has 0 aromatic heterocycles. The zero-order valence-electron chi connectivity index (χ0n) is 11.6. The second-order valence-electron chi connectivity index (χ2n) is 4.39. The van der Waals surface area contributed by atoms with Crippen LogP contribution >= 0.6 is 0 Å². The summed E-state index contributed by atoms with van der Waals surface area (Å²) in [5.41, 5.74) is 5.72. The van der Waals surface area contributed by atoms with Crippen molar-refractivity contribution < 1.29 is 19.2 Å². The van der Waals surface area contributed by atoms with Crippen molar-refractivity contribution in [1.82, 2.24) is 0 Å². The summed E-state index contributed by atoms with van der Waals surface area (Å²) in [4.78, 5) is 33.8. The molecule has 2 rings (SSSR count). The number of nitrogens with zero attached hydrogens (tertiary/aromatic N) is 1. The fourth-order valence-corrected chi connectivity index (χ4v) is 2.07. The molecule has 2 N–H and O–H groups in total. The molecule has 7 nitrogen and oxygen atoms in total. The van der Waals surface area contributed by atoms with E-state index in [0.29, 0.717) is 0 Å². The predicted octanol–water partition coefficient (Wildman–Crippen LogP) is 2.15. The van der Waals surface area contributed by atoms with Gasteiger partial charge in [0.05, 0.1) is 23.2 Å². The van der Waals surface area contributed by atoms with Crippen molar-refractivity contribution in [1.29, 1.82) is 0 Å². The number of nitro groups is 1. The fourth-order valence-electron chi connectivity index (χ4n) is 2.07. The number of rotatable bonds is 4. The number of ether oxygens (including phenoxy) is 1. The van der Waals surface area contributed by atoms with Gasteiger partial charge in [-0.3, -0.25) is 14.9 Å². The van der Waals surface area contributed by atoms with Gasteiger partial charge in [-0.1, -0.05) is 12.1 Å². The lowest BCUT2D eigenvalue weighted by Crippen LogP contribution is -2.12. The lowest BCUT2D eigenvalue weighted by atomic mass is 9.95. The number of carbonyl (C=O) groups is 2. The van der Waals surface area contributed by atoms with E-state index in [0.717, 1.165) is 0 Å². The van der Waals surface area contributed by atoms with Crippen LogP contribution in [0, 0.1) is 10.1 Å². The zero-order valence-corrected chi connectivity index (χ0v) is 11.6. The Kier molecular flexibility index (Phi) is 4.17. The molecule has 2 aromatic rings. The van der Waals surface area contributed by atoms with E-state index in [-0.39, 0.29) is 27.9 Å². The maximum absolute atomic E-state index is 11.9. The molecule has 2 aromatic carbocycles. The van der Waals surface area contributed by atoms with E-state index in [9.17, 15) is 19.7 Å². The van der Waals surface area contributed by atoms with Crippen molar-refractivity contribution in [2.24, 2.45) is 5.73 Å². The number of hydrogen-bond acceptors (Lipinski definition) is 5. The predicted molar refractivity (Wildman–Crippen MR) is 78.4 cm³/mol. The first-order chi connectivity index (χ1) is 10.5. The van der Waals surface area contributed by atoms with Crippen LogP contribution < -0.4 is 5.73 Å². The van der Waals surface area contributed by atoms with E-state index in [1.807, 2.05) is 0 Å². The molecule has 0 spiro atoms. The van der Waals surface area contributed by atoms with Gasteiger partial charge >= 0.3 is 5.97 Å². The highest BCUT2D eigenvalue weighted by Crippen LogP contribution is 2.33. The molecule has 0 heterocycles. The molecule has 112 valence electrons. The first-order valence-electron chi connectivity index (χ1n) is 6.21. The van der Waals surface area contributed by atoms with Gasteiger partial charge in [-0.05, 0) is 24.3 Å². The van der Waals surface area contributed by atoms with Crippen LogP contribution in [0.1, 0.15) is 20.7 Å². The normalized spacial score (nSPS) is 10.0. The molecule has 0 saturated carbocycles. The van der Waals surface area contributed by atoms with Crippen LogP contribution in [-0.2, 0) is 4.74 Å². The highest BCUT2D eigenvalue weighted by atomic mass is 16.6. The summed E-state index contributed by atoms with van der Waals surface area (Å²) < 4.78 is 4.67. The van der Waals surface area contributed by atoms with Crippen LogP contribution in [0.5, 0.6) is 0 Å². The van der Waals surface area contributed by atoms with Crippen LogP contribution in [0.4, 0.5) is 5.69 Å². The molecule has 22 heavy (non-hydrogen) atoms. The number of carbonyl (C=O) groups excluding carboxylic acids is 2. The third-order valence-electron chi connectivity index (χ3n) is 3.10. The molecule has 7 heteroatoms. The minimum absolute atomic E-state index is 0.113. The van der Waals surface area contributed by atoms with Crippen molar-refractivity contribution in [3.05, 3.63) is 63.7 Å². The van der Waals surface area contributed by atoms with Crippen molar-refractivity contribution in [2.45, 2.75) is 0 Å². The molecule has 0 aliphatic carbocycles. The highest BCUT2D eigenvalue weighted by molar-refractivity contribution is 6.02. The quantitative estimate of drug-likeness (QED) is 0.528. The largest absolute Gasteiger partial charge is 0.465 e. The average Bonchev–Trinajstić information content (AvgIpc) is 2.53. The van der Waals surface area contributed by atoms with Gasteiger partial charge in [0.15, 0.2) is 0 Å². The maximum Gasteiger partial charge on any atom is 0.338 e. The lowest BCUT2D eigenvalue weighted by Gasteiger charge is -2.10. The highest BCUT2D eigenvalue weighted by Gasteiger charge is 2.21. The number of methoxy groups -OCH3 is 1. The number of primary amides is 1. The van der Waals surface area contributed by atoms with E-state index < -0.39 is 16.8 Å². The van der Waals surface area contributed by atoms with E-state index in [4.69, 9.17) is 5.73 Å². The van der Waals surface area contributed by atoms with Crippen molar-refractivity contribution in [3.8, 4) is 11.1 Å². The first-order valence-corrected chi connectivity index (χ1v) is 6.21. The summed E-state index contributed by atoms with van der Waals surface area (Å²) in [6.07, 6.45) is 0. The van der Waals surface area contributed by atoms with Crippen molar-refractivity contribution in [2.75, 3.05) is 7.11 Å². The standard InChI is InChI=1S/C15H12N2O5/c1-22-15(19)11-7-6-9(14(16)18)8-12(11)10-4-2-3-5-13(10)17(20)21/h2-8H,1H3,(H2,16,18). The Morgan fingerprint density at radius 2 is 1.82 bits per heavy atom. The maximum atomic E-state index is 11.9. The van der Waals surface area contributed by atoms with Gasteiger partial charge in [0.1, 0.15) is 0 Å². The molecular formula is C15H12N2O5. The van der Waals surface area contributed by atoms with E-state index in [2.05, 4.69) is 4.74 Å². The summed E-state index contributed by atoms with van der Waals surface area (Å²) in [5, 5.41) is 11.2. The number of esters is 1. The minimum atomic E-state index is -0.698. The second kappa shape index (κ2) is 6.04. The molecule has 0 unspecified atom stereocenters. The summed E-state index contributed by atoms with van der Waals surface area (Å²) in [6.45, 7) is 0. The van der Waals surface area contributed by atoms with Crippen molar-refractivity contribution in [3.63, 3.8) is 0 Å². The Morgan fingerprint density at radius 3 is 2.41 bits per heavy atom. The number of nitro benzene ring substituents is 1. The van der Waals surface area contributed by atoms with Gasteiger partial charge in [0.25, 0.3) is 5.69 Å². The topological polar surface area (TPSA) is 113 Å². The van der Waals surface area contributed by atoms with Gasteiger partial charge in [0, 0.05) is 17.2 Å². The average molecular weight is 300 g/mol. The molecular weight excluding hydrogens is 288 g/mol. The number of hydrogen-bond donors (Lipinski definition) is 1. The van der Waals surface area contributed by atoms with Crippen LogP contribution in [0.15, 0.2) is 42.5 Å². The summed E-state index contributed by atoms with van der Waals surface area (Å²) in [6, 6.07) is 9.98. The molecule has 0 fully saturated rings. The number of amides is 1. The molecule has 0 aliphatic heterocycles. The SMILES string of the molecule is COC(=O)c1ccc(C(N)=O)cc1-c1ccccc1[N+](=O)[O-]. The summed E-state index contributed by atoms with van der Waals surface area (Å²) in [7, 11) is 1.20. The molecule has 0 bridgehead atoms. The Bertz CT molecular complexity index is 770. The Labute approximate surface area is 125 Å².